The Morgan fingerprint density at radius 2 is 2.09 bits per heavy atom. The van der Waals surface area contributed by atoms with Gasteiger partial charge < -0.3 is 15.5 Å². The van der Waals surface area contributed by atoms with Crippen LogP contribution in [0.5, 0.6) is 0 Å². The van der Waals surface area contributed by atoms with Crippen LogP contribution in [0.4, 0.5) is 5.69 Å². The first-order valence-electron chi connectivity index (χ1n) is 6.84. The highest BCUT2D eigenvalue weighted by Gasteiger charge is 2.10. The van der Waals surface area contributed by atoms with Crippen LogP contribution in [0.25, 0.3) is 0 Å². The number of nitrogens with one attached hydrogen (secondary N) is 2. The first-order valence-corrected chi connectivity index (χ1v) is 6.84. The fourth-order valence-electron chi connectivity index (χ4n) is 1.63. The van der Waals surface area contributed by atoms with E-state index in [1.54, 1.807) is 24.3 Å². The van der Waals surface area contributed by atoms with Crippen LogP contribution in [-0.4, -0.2) is 43.8 Å². The molecule has 0 atom stereocenters. The lowest BCUT2D eigenvalue weighted by Gasteiger charge is -2.09. The van der Waals surface area contributed by atoms with Gasteiger partial charge in [-0.25, -0.2) is 0 Å². The molecule has 1 rings (SSSR count). The number of rotatable bonds is 7. The molecule has 1 aromatic carbocycles. The third-order valence-corrected chi connectivity index (χ3v) is 2.84. The van der Waals surface area contributed by atoms with Gasteiger partial charge in [0.15, 0.2) is 5.78 Å². The number of nitrogens with zero attached hydrogens (tertiary/aromatic N) is 2. The van der Waals surface area contributed by atoms with Gasteiger partial charge in [0.2, 0.25) is 0 Å². The summed E-state index contributed by atoms with van der Waals surface area (Å²) in [5.41, 5.74) is 0.962. The Kier molecular flexibility index (Phi) is 6.80. The molecule has 0 aliphatic rings. The van der Waals surface area contributed by atoms with E-state index in [1.165, 1.54) is 13.1 Å². The quantitative estimate of drug-likeness (QED) is 0.344. The average Bonchev–Trinajstić information content (AvgIpc) is 2.47. The van der Waals surface area contributed by atoms with Gasteiger partial charge in [0.05, 0.1) is 0 Å². The second-order valence-corrected chi connectivity index (χ2v) is 5.02. The van der Waals surface area contributed by atoms with Crippen LogP contribution >= 0.6 is 0 Å². The van der Waals surface area contributed by atoms with E-state index in [4.69, 9.17) is 5.26 Å². The maximum absolute atomic E-state index is 12.0. The molecule has 0 aliphatic heterocycles. The third-order valence-electron chi connectivity index (χ3n) is 2.84. The summed E-state index contributed by atoms with van der Waals surface area (Å²) in [5.74, 6) is -0.599. The largest absolute Gasteiger partial charge is 0.388 e. The van der Waals surface area contributed by atoms with E-state index in [-0.39, 0.29) is 11.4 Å². The number of anilines is 1. The van der Waals surface area contributed by atoms with Crippen LogP contribution in [-0.2, 0) is 4.79 Å². The molecule has 0 spiro atoms. The van der Waals surface area contributed by atoms with E-state index in [1.807, 2.05) is 25.1 Å². The average molecular weight is 300 g/mol. The zero-order valence-corrected chi connectivity index (χ0v) is 13.0. The number of likely N-dealkylation sites (N-methyl/N-ethyl adjacent to an activating group) is 1. The number of carbonyl (C=O) groups is 2. The molecule has 0 aromatic heterocycles. The number of carbonyl (C=O) groups excluding carboxylic acids is 2. The Hall–Kier alpha value is -2.65. The van der Waals surface area contributed by atoms with Gasteiger partial charge >= 0.3 is 0 Å². The zero-order chi connectivity index (χ0) is 16.5. The summed E-state index contributed by atoms with van der Waals surface area (Å²) in [6, 6.07) is 8.44. The number of hydrogen-bond donors (Lipinski definition) is 2. The lowest BCUT2D eigenvalue weighted by Crippen LogP contribution is -2.24. The lowest BCUT2D eigenvalue weighted by atomic mass is 10.1. The van der Waals surface area contributed by atoms with Crippen molar-refractivity contribution < 1.29 is 9.59 Å². The molecule has 1 amide bonds. The molecule has 0 heterocycles. The Balaban J connectivity index is 2.69. The van der Waals surface area contributed by atoms with E-state index in [9.17, 15) is 9.59 Å². The number of benzene rings is 1. The van der Waals surface area contributed by atoms with Gasteiger partial charge in [-0.1, -0.05) is 12.1 Å². The summed E-state index contributed by atoms with van der Waals surface area (Å²) in [6.07, 6.45) is 1.40. The highest BCUT2D eigenvalue weighted by molar-refractivity contribution is 6.07. The molecule has 6 heteroatoms. The summed E-state index contributed by atoms with van der Waals surface area (Å²) in [7, 11) is 3.87. The van der Waals surface area contributed by atoms with Crippen molar-refractivity contribution in [3.8, 4) is 6.07 Å². The van der Waals surface area contributed by atoms with Crippen LogP contribution in [0.2, 0.25) is 0 Å². The van der Waals surface area contributed by atoms with Crippen LogP contribution in [0.15, 0.2) is 36.0 Å². The van der Waals surface area contributed by atoms with Crippen molar-refractivity contribution in [1.82, 2.24) is 10.2 Å². The van der Waals surface area contributed by atoms with Gasteiger partial charge in [-0.05, 0) is 33.2 Å². The number of amides is 1. The number of hydrogen-bond acceptors (Lipinski definition) is 5. The molecule has 116 valence electrons. The molecule has 0 saturated carbocycles. The van der Waals surface area contributed by atoms with Crippen LogP contribution in [0.1, 0.15) is 17.3 Å². The third kappa shape index (κ3) is 5.77. The number of Topliss-reactive ketones (excluding diaryl/α,β-unsaturated/α-hetero) is 1. The van der Waals surface area contributed by atoms with Crippen molar-refractivity contribution in [2.75, 3.05) is 32.5 Å². The maximum atomic E-state index is 12.0. The van der Waals surface area contributed by atoms with E-state index in [2.05, 4.69) is 10.6 Å². The SMILES string of the molecule is CC(=O)c1cccc(NC(=O)/C(C#N)=C\NCCN(C)C)c1. The summed E-state index contributed by atoms with van der Waals surface area (Å²) >= 11 is 0. The highest BCUT2D eigenvalue weighted by Crippen LogP contribution is 2.12. The molecule has 0 bridgehead atoms. The maximum Gasteiger partial charge on any atom is 0.267 e. The Labute approximate surface area is 130 Å². The zero-order valence-electron chi connectivity index (χ0n) is 13.0. The molecule has 0 saturated heterocycles. The van der Waals surface area contributed by atoms with Gasteiger partial charge in [-0.3, -0.25) is 9.59 Å². The van der Waals surface area contributed by atoms with Crippen molar-refractivity contribution in [2.45, 2.75) is 6.92 Å². The van der Waals surface area contributed by atoms with E-state index in [0.717, 1.165) is 6.54 Å². The Bertz CT molecular complexity index is 615. The molecule has 0 unspecified atom stereocenters. The minimum absolute atomic E-state index is 0.0213. The van der Waals surface area contributed by atoms with Crippen molar-refractivity contribution in [1.29, 1.82) is 5.26 Å². The minimum atomic E-state index is -0.513. The van der Waals surface area contributed by atoms with Crippen molar-refractivity contribution in [2.24, 2.45) is 0 Å². The Morgan fingerprint density at radius 3 is 2.68 bits per heavy atom. The summed E-state index contributed by atoms with van der Waals surface area (Å²) in [5, 5.41) is 14.6. The smallest absolute Gasteiger partial charge is 0.267 e. The van der Waals surface area contributed by atoms with Gasteiger partial charge in [-0.2, -0.15) is 5.26 Å². The van der Waals surface area contributed by atoms with Crippen LogP contribution in [0, 0.1) is 11.3 Å². The second kappa shape index (κ2) is 8.60. The molecule has 2 N–H and O–H groups in total. The van der Waals surface area contributed by atoms with Gasteiger partial charge in [0.25, 0.3) is 5.91 Å². The van der Waals surface area contributed by atoms with Crippen molar-refractivity contribution in [3.63, 3.8) is 0 Å². The molecule has 0 fully saturated rings. The van der Waals surface area contributed by atoms with Crippen LogP contribution < -0.4 is 10.6 Å². The predicted molar refractivity (Wildman–Crippen MR) is 85.3 cm³/mol. The number of nitriles is 1. The Morgan fingerprint density at radius 1 is 1.36 bits per heavy atom. The fraction of sp³-hybridized carbons (Fsp3) is 0.312. The first kappa shape index (κ1) is 17.4. The van der Waals surface area contributed by atoms with Crippen LogP contribution in [0.3, 0.4) is 0 Å². The number of ketones is 1. The van der Waals surface area contributed by atoms with Gasteiger partial charge in [0, 0.05) is 30.5 Å². The topological polar surface area (TPSA) is 85.2 Å². The molecule has 0 radical (unpaired) electrons. The molecule has 1 aromatic rings. The van der Waals surface area contributed by atoms with Crippen molar-refractivity contribution >= 4 is 17.4 Å². The second-order valence-electron chi connectivity index (χ2n) is 5.02. The minimum Gasteiger partial charge on any atom is -0.388 e. The summed E-state index contributed by atoms with van der Waals surface area (Å²) in [6.45, 7) is 2.87. The van der Waals surface area contributed by atoms with Crippen molar-refractivity contribution in [3.05, 3.63) is 41.6 Å². The van der Waals surface area contributed by atoms with E-state index < -0.39 is 5.91 Å². The lowest BCUT2D eigenvalue weighted by molar-refractivity contribution is -0.112. The van der Waals surface area contributed by atoms with E-state index >= 15 is 0 Å². The van der Waals surface area contributed by atoms with E-state index in [0.29, 0.717) is 17.8 Å². The summed E-state index contributed by atoms with van der Waals surface area (Å²) < 4.78 is 0. The van der Waals surface area contributed by atoms with Gasteiger partial charge in [-0.15, -0.1) is 0 Å². The first-order chi connectivity index (χ1) is 10.4. The molecule has 0 aliphatic carbocycles. The normalized spacial score (nSPS) is 11.0. The molecular formula is C16H20N4O2. The molecule has 22 heavy (non-hydrogen) atoms. The summed E-state index contributed by atoms with van der Waals surface area (Å²) in [4.78, 5) is 25.3. The van der Waals surface area contributed by atoms with Gasteiger partial charge in [0.1, 0.15) is 11.6 Å². The fourth-order valence-corrected chi connectivity index (χ4v) is 1.63. The highest BCUT2D eigenvalue weighted by atomic mass is 16.1. The molecule has 6 nitrogen and oxygen atoms in total. The monoisotopic (exact) mass is 300 g/mol. The predicted octanol–water partition coefficient (Wildman–Crippen LogP) is 1.39. The molecular weight excluding hydrogens is 280 g/mol. The standard InChI is InChI=1S/C16H20N4O2/c1-12(21)13-5-4-6-15(9-13)19-16(22)14(10-17)11-18-7-8-20(2)3/h4-6,9,11,18H,7-8H2,1-3H3,(H,19,22)/b14-11-.